The van der Waals surface area contributed by atoms with Crippen LogP contribution in [0.2, 0.25) is 0 Å². The summed E-state index contributed by atoms with van der Waals surface area (Å²) in [5, 5.41) is 0. The maximum atomic E-state index is 2.29. The van der Waals surface area contributed by atoms with Gasteiger partial charge in [0, 0.05) is 0 Å². The summed E-state index contributed by atoms with van der Waals surface area (Å²) in [5.41, 5.74) is 0. The second-order valence-corrected chi connectivity index (χ2v) is 13.8. The van der Waals surface area contributed by atoms with Crippen LogP contribution in [0.1, 0.15) is 168 Å². The van der Waals surface area contributed by atoms with Crippen molar-refractivity contribution in [3.8, 4) is 0 Å². The molecule has 0 aromatic heterocycles. The molecule has 0 heterocycles. The largest absolute Gasteiger partial charge is 1.00 e. The smallest absolute Gasteiger partial charge is 0.0780 e. The highest BCUT2D eigenvalue weighted by Gasteiger charge is 2.05. The van der Waals surface area contributed by atoms with E-state index >= 15 is 0 Å². The van der Waals surface area contributed by atoms with Gasteiger partial charge in [-0.15, -0.1) is 0 Å². The van der Waals surface area contributed by atoms with Crippen LogP contribution in [0.4, 0.5) is 0 Å². The van der Waals surface area contributed by atoms with Crippen molar-refractivity contribution in [1.82, 2.24) is 0 Å². The average molecular weight is 610 g/mol. The molecule has 0 spiro atoms. The zero-order valence-electron chi connectivity index (χ0n) is 28.1. The molecule has 0 aromatic rings. The summed E-state index contributed by atoms with van der Waals surface area (Å²) in [6.45, 7) is 7.24. The molecule has 4 heteroatoms. The van der Waals surface area contributed by atoms with Crippen molar-refractivity contribution in [2.45, 2.75) is 168 Å². The van der Waals surface area contributed by atoms with E-state index in [-0.39, 0.29) is 22.5 Å². The highest BCUT2D eigenvalue weighted by atomic mass is 79.9. The van der Waals surface area contributed by atoms with Gasteiger partial charge in [0.1, 0.15) is 0 Å². The maximum absolute atomic E-state index is 2.29. The molecule has 1 N–H and O–H groups in total. The predicted molar refractivity (Wildman–Crippen MR) is 170 cm³/mol. The van der Waals surface area contributed by atoms with E-state index in [1.54, 1.807) is 0 Å². The number of quaternary nitrogens is 2. The second-order valence-electron chi connectivity index (χ2n) is 13.8. The minimum Gasteiger partial charge on any atom is -1.00 e. The van der Waals surface area contributed by atoms with E-state index in [2.05, 4.69) is 56.1 Å². The van der Waals surface area contributed by atoms with Gasteiger partial charge in [-0.25, -0.2) is 0 Å². The monoisotopic (exact) mass is 609 g/mol. The van der Waals surface area contributed by atoms with Gasteiger partial charge in [0.25, 0.3) is 0 Å². The van der Waals surface area contributed by atoms with E-state index in [9.17, 15) is 0 Å². The van der Waals surface area contributed by atoms with Crippen LogP contribution in [0.5, 0.6) is 0 Å². The highest BCUT2D eigenvalue weighted by Crippen LogP contribution is 2.13. The zero-order chi connectivity index (χ0) is 27.4. The fourth-order valence-electron chi connectivity index (χ4n) is 4.85. The number of hydrogen-bond donors (Lipinski definition) is 0. The van der Waals surface area contributed by atoms with Crippen molar-refractivity contribution in [2.24, 2.45) is 0 Å². The first kappa shape index (κ1) is 45.4. The van der Waals surface area contributed by atoms with Gasteiger partial charge in [-0.2, -0.15) is 0 Å². The van der Waals surface area contributed by atoms with Gasteiger partial charge in [0.2, 0.25) is 0 Å². The fraction of sp³-hybridized carbons (Fsp3) is 1.00. The summed E-state index contributed by atoms with van der Waals surface area (Å²) >= 11 is 0. The van der Waals surface area contributed by atoms with Crippen LogP contribution < -0.4 is 17.0 Å². The molecule has 0 amide bonds. The third kappa shape index (κ3) is 49.3. The summed E-state index contributed by atoms with van der Waals surface area (Å²) in [5.74, 6) is 0. The Morgan fingerprint density at radius 2 is 0.447 bits per heavy atom. The van der Waals surface area contributed by atoms with Gasteiger partial charge >= 0.3 is 0 Å². The number of unbranched alkanes of at least 4 members (excludes halogenated alkanes) is 22. The quantitative estimate of drug-likeness (QED) is 0.0733. The Hall–Kier alpha value is 0.360. The molecule has 0 saturated carbocycles. The molecule has 38 heavy (non-hydrogen) atoms. The van der Waals surface area contributed by atoms with Gasteiger partial charge in [0.05, 0.1) is 55.4 Å². The van der Waals surface area contributed by atoms with Gasteiger partial charge < -0.3 is 31.4 Å². The lowest BCUT2D eigenvalue weighted by Crippen LogP contribution is -3.00. The molecular weight excluding hydrogens is 532 g/mol. The zero-order valence-corrected chi connectivity index (χ0v) is 29.7. The van der Waals surface area contributed by atoms with Crippen molar-refractivity contribution in [1.29, 1.82) is 0 Å². The molecule has 0 aliphatic carbocycles. The molecule has 0 bridgehead atoms. The molecule has 0 aliphatic heterocycles. The Morgan fingerprint density at radius 3 is 0.605 bits per heavy atom. The molecule has 0 rings (SSSR count). The van der Waals surface area contributed by atoms with Crippen molar-refractivity contribution in [3.63, 3.8) is 0 Å². The topological polar surface area (TPSA) is 30.0 Å². The molecule has 0 atom stereocenters. The molecular formula is C34H77BrN2O. The summed E-state index contributed by atoms with van der Waals surface area (Å²) in [6, 6.07) is 0. The summed E-state index contributed by atoms with van der Waals surface area (Å²) < 4.78 is 2.25. The second kappa shape index (κ2) is 33.6. The van der Waals surface area contributed by atoms with E-state index in [1.165, 1.54) is 167 Å². The van der Waals surface area contributed by atoms with Gasteiger partial charge in [-0.1, -0.05) is 142 Å². The number of rotatable bonds is 26. The van der Waals surface area contributed by atoms with E-state index in [1.807, 2.05) is 0 Å². The van der Waals surface area contributed by atoms with Crippen LogP contribution in [0.3, 0.4) is 0 Å². The van der Waals surface area contributed by atoms with Gasteiger partial charge in [0.15, 0.2) is 0 Å². The lowest BCUT2D eigenvalue weighted by Gasteiger charge is -2.23. The molecule has 0 unspecified atom stereocenters. The molecule has 0 saturated heterocycles. The third-order valence-electron chi connectivity index (χ3n) is 7.36. The maximum Gasteiger partial charge on any atom is 0.0780 e. The van der Waals surface area contributed by atoms with Gasteiger partial charge in [-0.05, 0) is 25.7 Å². The molecule has 3 nitrogen and oxygen atoms in total. The first-order valence-electron chi connectivity index (χ1n) is 16.7. The van der Waals surface area contributed by atoms with Crippen LogP contribution in [0.15, 0.2) is 0 Å². The molecule has 0 aromatic carbocycles. The summed E-state index contributed by atoms with van der Waals surface area (Å²) in [4.78, 5) is 0. The minimum atomic E-state index is 0. The summed E-state index contributed by atoms with van der Waals surface area (Å²) in [7, 11) is 13.7. The Morgan fingerprint density at radius 1 is 0.289 bits per heavy atom. The Balaban J connectivity index is -0.000000289. The normalized spacial score (nSPS) is 11.4. The van der Waals surface area contributed by atoms with Crippen LogP contribution >= 0.6 is 0 Å². The lowest BCUT2D eigenvalue weighted by atomic mass is 10.1. The van der Waals surface area contributed by atoms with E-state index in [0.717, 1.165) is 8.97 Å². The van der Waals surface area contributed by atoms with E-state index in [0.29, 0.717) is 0 Å². The van der Waals surface area contributed by atoms with Crippen molar-refractivity contribution < 1.29 is 31.4 Å². The Labute approximate surface area is 254 Å². The van der Waals surface area contributed by atoms with Gasteiger partial charge in [-0.3, -0.25) is 0 Å². The van der Waals surface area contributed by atoms with Crippen molar-refractivity contribution in [2.75, 3.05) is 55.4 Å². The first-order chi connectivity index (χ1) is 17.1. The van der Waals surface area contributed by atoms with Crippen molar-refractivity contribution in [3.05, 3.63) is 0 Å². The molecule has 236 valence electrons. The van der Waals surface area contributed by atoms with E-state index < -0.39 is 0 Å². The van der Waals surface area contributed by atoms with Crippen LogP contribution in [-0.2, 0) is 0 Å². The average Bonchev–Trinajstić information content (AvgIpc) is 2.79. The molecule has 0 aliphatic rings. The SMILES string of the molecule is CCCCCCCCCCCCCC[N+](C)(C)C.CCCCCCCCCCCCCC[N+](C)(C)C.[Br-].[OH-]. The molecule has 0 radical (unpaired) electrons. The van der Waals surface area contributed by atoms with Crippen molar-refractivity contribution >= 4 is 0 Å². The fourth-order valence-corrected chi connectivity index (χ4v) is 4.85. The Kier molecular flexibility index (Phi) is 40.1. The van der Waals surface area contributed by atoms with E-state index in [4.69, 9.17) is 0 Å². The summed E-state index contributed by atoms with van der Waals surface area (Å²) in [6.07, 6.45) is 34.8. The van der Waals surface area contributed by atoms with Crippen LogP contribution in [0.25, 0.3) is 0 Å². The number of nitrogens with zero attached hydrogens (tertiary/aromatic N) is 2. The lowest BCUT2D eigenvalue weighted by molar-refractivity contribution is -0.870. The Bertz CT molecular complexity index is 366. The highest BCUT2D eigenvalue weighted by molar-refractivity contribution is 4.49. The third-order valence-corrected chi connectivity index (χ3v) is 7.36. The molecule has 0 fully saturated rings. The number of halogens is 1. The standard InChI is InChI=1S/2C17H38N.BrH.H2O/c2*1-5-6-7-8-9-10-11-12-13-14-15-16-17-18(2,3)4;;/h2*5-17H2,1-4H3;1H;1H2/q2*+1;;/p-2. The minimum absolute atomic E-state index is 0. The van der Waals surface area contributed by atoms with Crippen LogP contribution in [-0.4, -0.2) is 69.8 Å². The van der Waals surface area contributed by atoms with Crippen LogP contribution in [0, 0.1) is 0 Å². The number of hydrogen-bond acceptors (Lipinski definition) is 1. The predicted octanol–water partition coefficient (Wildman–Crippen LogP) is 7.61. The first-order valence-corrected chi connectivity index (χ1v) is 16.7.